The lowest BCUT2D eigenvalue weighted by Crippen LogP contribution is -2.12. The minimum atomic E-state index is -0.547. The van der Waals surface area contributed by atoms with Gasteiger partial charge in [-0.2, -0.15) is 4.98 Å². The summed E-state index contributed by atoms with van der Waals surface area (Å²) in [5, 5.41) is 2.87. The molecule has 7 heteroatoms. The van der Waals surface area contributed by atoms with Gasteiger partial charge in [-0.25, -0.2) is 15.2 Å². The number of nitrogen functional groups attached to an aromatic ring is 1. The quantitative estimate of drug-likeness (QED) is 0.600. The Morgan fingerprint density at radius 2 is 2.17 bits per heavy atom. The van der Waals surface area contributed by atoms with Crippen molar-refractivity contribution in [2.24, 2.45) is 5.84 Å². The first kappa shape index (κ1) is 12.7. The lowest BCUT2D eigenvalue weighted by molar-refractivity contribution is 0.619. The minimum absolute atomic E-state index is 0.0691. The fourth-order valence-corrected chi connectivity index (χ4v) is 1.63. The smallest absolute Gasteiger partial charge is 0.239 e. The molecule has 1 aromatic carbocycles. The molecule has 1 aromatic heterocycles. The maximum Gasteiger partial charge on any atom is 0.239 e. The van der Waals surface area contributed by atoms with Crippen LogP contribution in [0.5, 0.6) is 0 Å². The molecule has 0 saturated heterocycles. The van der Waals surface area contributed by atoms with Crippen LogP contribution < -0.4 is 16.6 Å². The third kappa shape index (κ3) is 2.74. The number of aromatic nitrogens is 2. The van der Waals surface area contributed by atoms with Crippen LogP contribution in [0.3, 0.4) is 0 Å². The van der Waals surface area contributed by atoms with Gasteiger partial charge in [0, 0.05) is 10.2 Å². The number of hydrogen-bond acceptors (Lipinski definition) is 5. The maximum atomic E-state index is 13.5. The van der Waals surface area contributed by atoms with Crippen molar-refractivity contribution in [1.82, 2.24) is 9.97 Å². The van der Waals surface area contributed by atoms with Crippen molar-refractivity contribution in [3.63, 3.8) is 0 Å². The SMILES string of the molecule is Cc1cc(Nc2nc(NN)ncc2F)ccc1Br. The molecule has 0 bridgehead atoms. The summed E-state index contributed by atoms with van der Waals surface area (Å²) in [5.41, 5.74) is 4.03. The molecule has 0 fully saturated rings. The Balaban J connectivity index is 2.30. The highest BCUT2D eigenvalue weighted by atomic mass is 79.9. The summed E-state index contributed by atoms with van der Waals surface area (Å²) in [6.07, 6.45) is 1.05. The zero-order valence-electron chi connectivity index (χ0n) is 9.54. The number of benzene rings is 1. The molecule has 94 valence electrons. The molecular formula is C11H11BrFN5. The zero-order chi connectivity index (χ0) is 13.1. The fraction of sp³-hybridized carbons (Fsp3) is 0.0909. The third-order valence-electron chi connectivity index (χ3n) is 2.29. The van der Waals surface area contributed by atoms with Crippen LogP contribution in [0.4, 0.5) is 21.8 Å². The predicted octanol–water partition coefficient (Wildman–Crippen LogP) is 2.72. The average molecular weight is 312 g/mol. The van der Waals surface area contributed by atoms with E-state index in [2.05, 4.69) is 36.6 Å². The van der Waals surface area contributed by atoms with E-state index in [0.717, 1.165) is 21.9 Å². The molecule has 2 aromatic rings. The normalized spacial score (nSPS) is 10.2. The second-order valence-electron chi connectivity index (χ2n) is 3.62. The second kappa shape index (κ2) is 5.28. The van der Waals surface area contributed by atoms with Crippen LogP contribution in [0, 0.1) is 12.7 Å². The first-order valence-corrected chi connectivity index (χ1v) is 5.92. The second-order valence-corrected chi connectivity index (χ2v) is 4.48. The Hall–Kier alpha value is -1.73. The monoisotopic (exact) mass is 311 g/mol. The van der Waals surface area contributed by atoms with Crippen LogP contribution in [0.2, 0.25) is 0 Å². The van der Waals surface area contributed by atoms with E-state index >= 15 is 0 Å². The van der Waals surface area contributed by atoms with Crippen LogP contribution in [0.15, 0.2) is 28.9 Å². The summed E-state index contributed by atoms with van der Waals surface area (Å²) in [7, 11) is 0. The maximum absolute atomic E-state index is 13.5. The molecule has 0 aliphatic heterocycles. The van der Waals surface area contributed by atoms with E-state index in [9.17, 15) is 4.39 Å². The van der Waals surface area contributed by atoms with Crippen LogP contribution in [0.25, 0.3) is 0 Å². The van der Waals surface area contributed by atoms with Crippen LogP contribution in [-0.4, -0.2) is 9.97 Å². The molecule has 0 radical (unpaired) electrons. The van der Waals surface area contributed by atoms with Crippen LogP contribution in [0.1, 0.15) is 5.56 Å². The van der Waals surface area contributed by atoms with Gasteiger partial charge in [0.15, 0.2) is 11.6 Å². The predicted molar refractivity (Wildman–Crippen MR) is 72.0 cm³/mol. The number of aryl methyl sites for hydroxylation is 1. The van der Waals surface area contributed by atoms with Crippen molar-refractivity contribution in [3.05, 3.63) is 40.2 Å². The summed E-state index contributed by atoms with van der Waals surface area (Å²) in [4.78, 5) is 7.55. The number of nitrogens with zero attached hydrogens (tertiary/aromatic N) is 2. The number of hydrogen-bond donors (Lipinski definition) is 3. The first-order valence-electron chi connectivity index (χ1n) is 5.12. The number of hydrazine groups is 1. The van der Waals surface area contributed by atoms with Gasteiger partial charge in [-0.05, 0) is 30.7 Å². The van der Waals surface area contributed by atoms with E-state index in [0.29, 0.717) is 0 Å². The van der Waals surface area contributed by atoms with Gasteiger partial charge in [0.2, 0.25) is 5.95 Å². The van der Waals surface area contributed by atoms with Gasteiger partial charge in [0.25, 0.3) is 0 Å². The standard InChI is InChI=1S/C11H11BrFN5/c1-6-4-7(2-3-8(6)12)16-10-9(13)5-15-11(17-10)18-14/h2-5H,14H2,1H3,(H2,15,16,17,18). The Kier molecular flexibility index (Phi) is 3.73. The van der Waals surface area contributed by atoms with Gasteiger partial charge in [-0.3, -0.25) is 5.43 Å². The summed E-state index contributed by atoms with van der Waals surface area (Å²) < 4.78 is 14.5. The van der Waals surface area contributed by atoms with Crippen molar-refractivity contribution in [2.45, 2.75) is 6.92 Å². The molecular weight excluding hydrogens is 301 g/mol. The van der Waals surface area contributed by atoms with Crippen LogP contribution >= 0.6 is 15.9 Å². The van der Waals surface area contributed by atoms with E-state index in [4.69, 9.17) is 5.84 Å². The minimum Gasteiger partial charge on any atom is -0.338 e. The number of nitrogens with one attached hydrogen (secondary N) is 2. The topological polar surface area (TPSA) is 75.9 Å². The van der Waals surface area contributed by atoms with Gasteiger partial charge in [0.1, 0.15) is 0 Å². The molecule has 0 spiro atoms. The highest BCUT2D eigenvalue weighted by molar-refractivity contribution is 9.10. The van der Waals surface area contributed by atoms with Gasteiger partial charge in [0.05, 0.1) is 6.20 Å². The Bertz CT molecular complexity index is 575. The molecule has 0 aliphatic rings. The van der Waals surface area contributed by atoms with Crippen molar-refractivity contribution in [3.8, 4) is 0 Å². The Morgan fingerprint density at radius 1 is 1.39 bits per heavy atom. The average Bonchev–Trinajstić information content (AvgIpc) is 2.36. The van der Waals surface area contributed by atoms with Crippen molar-refractivity contribution in [2.75, 3.05) is 10.7 Å². The van der Waals surface area contributed by atoms with E-state index in [1.54, 1.807) is 0 Å². The zero-order valence-corrected chi connectivity index (χ0v) is 11.1. The molecule has 0 aliphatic carbocycles. The molecule has 4 N–H and O–H groups in total. The lowest BCUT2D eigenvalue weighted by atomic mass is 10.2. The number of nitrogens with two attached hydrogens (primary N) is 1. The van der Waals surface area contributed by atoms with Crippen LogP contribution in [-0.2, 0) is 0 Å². The van der Waals surface area contributed by atoms with E-state index in [1.807, 2.05) is 25.1 Å². The molecule has 0 amide bonds. The molecule has 1 heterocycles. The number of rotatable bonds is 3. The number of halogens is 2. The van der Waals surface area contributed by atoms with E-state index in [-0.39, 0.29) is 11.8 Å². The molecule has 0 saturated carbocycles. The van der Waals surface area contributed by atoms with Gasteiger partial charge in [-0.1, -0.05) is 15.9 Å². The summed E-state index contributed by atoms with van der Waals surface area (Å²) in [6, 6.07) is 5.56. The summed E-state index contributed by atoms with van der Waals surface area (Å²) in [5.74, 6) is 4.84. The summed E-state index contributed by atoms with van der Waals surface area (Å²) in [6.45, 7) is 1.94. The van der Waals surface area contributed by atoms with Gasteiger partial charge in [-0.15, -0.1) is 0 Å². The van der Waals surface area contributed by atoms with Crippen molar-refractivity contribution < 1.29 is 4.39 Å². The fourth-order valence-electron chi connectivity index (χ4n) is 1.38. The van der Waals surface area contributed by atoms with Crippen molar-refractivity contribution in [1.29, 1.82) is 0 Å². The van der Waals surface area contributed by atoms with Crippen molar-refractivity contribution >= 4 is 33.4 Å². The van der Waals surface area contributed by atoms with Gasteiger partial charge >= 0.3 is 0 Å². The third-order valence-corrected chi connectivity index (χ3v) is 3.18. The summed E-state index contributed by atoms with van der Waals surface area (Å²) >= 11 is 3.40. The number of anilines is 3. The largest absolute Gasteiger partial charge is 0.338 e. The molecule has 0 unspecified atom stereocenters. The van der Waals surface area contributed by atoms with E-state index < -0.39 is 5.82 Å². The van der Waals surface area contributed by atoms with Gasteiger partial charge < -0.3 is 5.32 Å². The lowest BCUT2D eigenvalue weighted by Gasteiger charge is -2.09. The molecule has 5 nitrogen and oxygen atoms in total. The highest BCUT2D eigenvalue weighted by Crippen LogP contribution is 2.23. The first-order chi connectivity index (χ1) is 8.60. The van der Waals surface area contributed by atoms with E-state index in [1.165, 1.54) is 0 Å². The molecule has 0 atom stereocenters. The molecule has 18 heavy (non-hydrogen) atoms. The highest BCUT2D eigenvalue weighted by Gasteiger charge is 2.07. The Labute approximate surface area is 112 Å². The molecule has 2 rings (SSSR count). The Morgan fingerprint density at radius 3 is 2.83 bits per heavy atom.